The van der Waals surface area contributed by atoms with E-state index in [2.05, 4.69) is 0 Å². The third-order valence-corrected chi connectivity index (χ3v) is 2.14. The van der Waals surface area contributed by atoms with Gasteiger partial charge in [0.2, 0.25) is 0 Å². The molecule has 1 aromatic heterocycles. The van der Waals surface area contributed by atoms with Crippen molar-refractivity contribution in [1.29, 1.82) is 0 Å². The SMILES string of the molecule is Nc1ccc(C(=O)/C=C/c2ccco2)cc1. The first kappa shape index (κ1) is 10.2. The highest BCUT2D eigenvalue weighted by molar-refractivity contribution is 6.06. The Kier molecular flexibility index (Phi) is 2.87. The Morgan fingerprint density at radius 1 is 1.19 bits per heavy atom. The molecule has 0 saturated heterocycles. The molecule has 0 radical (unpaired) electrons. The van der Waals surface area contributed by atoms with Gasteiger partial charge in [0.25, 0.3) is 0 Å². The average molecular weight is 213 g/mol. The molecular formula is C13H11NO2. The number of carbonyl (C=O) groups excluding carboxylic acids is 1. The first-order valence-electron chi connectivity index (χ1n) is 4.87. The smallest absolute Gasteiger partial charge is 0.185 e. The Hall–Kier alpha value is -2.29. The number of nitrogens with two attached hydrogens (primary N) is 1. The Labute approximate surface area is 93.2 Å². The summed E-state index contributed by atoms with van der Waals surface area (Å²) in [6.45, 7) is 0. The van der Waals surface area contributed by atoms with Gasteiger partial charge in [0, 0.05) is 11.3 Å². The fraction of sp³-hybridized carbons (Fsp3) is 0. The van der Waals surface area contributed by atoms with Crippen LogP contribution in [0.3, 0.4) is 0 Å². The molecule has 0 fully saturated rings. The maximum Gasteiger partial charge on any atom is 0.185 e. The quantitative estimate of drug-likeness (QED) is 0.484. The third kappa shape index (κ3) is 2.39. The van der Waals surface area contributed by atoms with E-state index >= 15 is 0 Å². The summed E-state index contributed by atoms with van der Waals surface area (Å²) in [5.74, 6) is 0.584. The van der Waals surface area contributed by atoms with Gasteiger partial charge >= 0.3 is 0 Å². The molecule has 16 heavy (non-hydrogen) atoms. The summed E-state index contributed by atoms with van der Waals surface area (Å²) in [5.41, 5.74) is 6.79. The molecule has 0 unspecified atom stereocenters. The number of ketones is 1. The molecule has 0 aliphatic rings. The van der Waals surface area contributed by atoms with Crippen molar-refractivity contribution in [1.82, 2.24) is 0 Å². The molecule has 1 aromatic carbocycles. The number of nitrogen functional groups attached to an aromatic ring is 1. The highest BCUT2D eigenvalue weighted by Gasteiger charge is 2.00. The van der Waals surface area contributed by atoms with Gasteiger partial charge in [-0.2, -0.15) is 0 Å². The fourth-order valence-electron chi connectivity index (χ4n) is 1.29. The maximum atomic E-state index is 11.7. The van der Waals surface area contributed by atoms with E-state index < -0.39 is 0 Å². The number of carbonyl (C=O) groups is 1. The number of furan rings is 1. The molecule has 0 bridgehead atoms. The summed E-state index contributed by atoms with van der Waals surface area (Å²) in [7, 11) is 0. The van der Waals surface area contributed by atoms with Crippen LogP contribution in [0, 0.1) is 0 Å². The van der Waals surface area contributed by atoms with Crippen LogP contribution in [-0.2, 0) is 0 Å². The molecule has 2 aromatic rings. The lowest BCUT2D eigenvalue weighted by Gasteiger charge is -1.96. The highest BCUT2D eigenvalue weighted by Crippen LogP contribution is 2.08. The largest absolute Gasteiger partial charge is 0.465 e. The van der Waals surface area contributed by atoms with Crippen molar-refractivity contribution in [3.8, 4) is 0 Å². The van der Waals surface area contributed by atoms with Crippen LogP contribution in [-0.4, -0.2) is 5.78 Å². The second kappa shape index (κ2) is 4.49. The molecule has 0 spiro atoms. The lowest BCUT2D eigenvalue weighted by atomic mass is 10.1. The minimum absolute atomic E-state index is 0.0728. The number of anilines is 1. The van der Waals surface area contributed by atoms with E-state index in [1.807, 2.05) is 0 Å². The maximum absolute atomic E-state index is 11.7. The van der Waals surface area contributed by atoms with Crippen molar-refractivity contribution in [2.24, 2.45) is 0 Å². The van der Waals surface area contributed by atoms with Crippen molar-refractivity contribution >= 4 is 17.5 Å². The molecule has 0 saturated carbocycles. The number of rotatable bonds is 3. The van der Waals surface area contributed by atoms with Gasteiger partial charge in [-0.1, -0.05) is 0 Å². The monoisotopic (exact) mass is 213 g/mol. The van der Waals surface area contributed by atoms with E-state index in [9.17, 15) is 4.79 Å². The molecule has 80 valence electrons. The minimum Gasteiger partial charge on any atom is -0.465 e. The normalized spacial score (nSPS) is 10.8. The standard InChI is InChI=1S/C13H11NO2/c14-11-5-3-10(4-6-11)13(15)8-7-12-2-1-9-16-12/h1-9H,14H2/b8-7+. The molecule has 3 nitrogen and oxygen atoms in total. The van der Waals surface area contributed by atoms with Crippen molar-refractivity contribution < 1.29 is 9.21 Å². The molecule has 0 atom stereocenters. The molecule has 3 heteroatoms. The minimum atomic E-state index is -0.0728. The number of hydrogen-bond donors (Lipinski definition) is 1. The van der Waals surface area contributed by atoms with Crippen molar-refractivity contribution in [3.63, 3.8) is 0 Å². The number of benzene rings is 1. The summed E-state index contributed by atoms with van der Waals surface area (Å²) in [4.78, 5) is 11.7. The molecular weight excluding hydrogens is 202 g/mol. The van der Waals surface area contributed by atoms with Crippen LogP contribution >= 0.6 is 0 Å². The summed E-state index contributed by atoms with van der Waals surface area (Å²) >= 11 is 0. The summed E-state index contributed by atoms with van der Waals surface area (Å²) in [6, 6.07) is 10.4. The predicted molar refractivity (Wildman–Crippen MR) is 62.9 cm³/mol. The van der Waals surface area contributed by atoms with E-state index in [1.54, 1.807) is 48.7 Å². The van der Waals surface area contributed by atoms with Gasteiger partial charge in [-0.15, -0.1) is 0 Å². The van der Waals surface area contributed by atoms with E-state index in [0.717, 1.165) is 0 Å². The Morgan fingerprint density at radius 3 is 2.56 bits per heavy atom. The first-order chi connectivity index (χ1) is 7.75. The zero-order chi connectivity index (χ0) is 11.4. The van der Waals surface area contributed by atoms with Crippen LogP contribution in [0.2, 0.25) is 0 Å². The van der Waals surface area contributed by atoms with Crippen LogP contribution in [0.15, 0.2) is 53.2 Å². The molecule has 1 heterocycles. The van der Waals surface area contributed by atoms with Crippen molar-refractivity contribution in [2.75, 3.05) is 5.73 Å². The van der Waals surface area contributed by atoms with E-state index in [1.165, 1.54) is 6.08 Å². The van der Waals surface area contributed by atoms with Crippen LogP contribution < -0.4 is 5.73 Å². The van der Waals surface area contributed by atoms with Crippen LogP contribution in [0.25, 0.3) is 6.08 Å². The predicted octanol–water partition coefficient (Wildman–Crippen LogP) is 2.76. The molecule has 0 amide bonds. The van der Waals surface area contributed by atoms with Gasteiger partial charge in [0.05, 0.1) is 6.26 Å². The van der Waals surface area contributed by atoms with Crippen molar-refractivity contribution in [2.45, 2.75) is 0 Å². The topological polar surface area (TPSA) is 56.2 Å². The number of allylic oxidation sites excluding steroid dienone is 1. The van der Waals surface area contributed by atoms with E-state index in [4.69, 9.17) is 10.2 Å². The first-order valence-corrected chi connectivity index (χ1v) is 4.87. The van der Waals surface area contributed by atoms with Gasteiger partial charge in [0.1, 0.15) is 5.76 Å². The van der Waals surface area contributed by atoms with Gasteiger partial charge in [-0.05, 0) is 48.6 Å². The Bertz CT molecular complexity index is 495. The van der Waals surface area contributed by atoms with Gasteiger partial charge in [-0.3, -0.25) is 4.79 Å². The highest BCUT2D eigenvalue weighted by atomic mass is 16.3. The van der Waals surface area contributed by atoms with Crippen LogP contribution in [0.5, 0.6) is 0 Å². The van der Waals surface area contributed by atoms with Crippen LogP contribution in [0.1, 0.15) is 16.1 Å². The number of hydrogen-bond acceptors (Lipinski definition) is 3. The van der Waals surface area contributed by atoms with Crippen LogP contribution in [0.4, 0.5) is 5.69 Å². The molecule has 2 rings (SSSR count). The lowest BCUT2D eigenvalue weighted by Crippen LogP contribution is -1.94. The Morgan fingerprint density at radius 2 is 1.94 bits per heavy atom. The zero-order valence-electron chi connectivity index (χ0n) is 8.59. The average Bonchev–Trinajstić information content (AvgIpc) is 2.80. The second-order valence-electron chi connectivity index (χ2n) is 3.34. The van der Waals surface area contributed by atoms with Crippen molar-refractivity contribution in [3.05, 3.63) is 60.1 Å². The Balaban J connectivity index is 2.11. The molecule has 0 aliphatic carbocycles. The summed E-state index contributed by atoms with van der Waals surface area (Å²) < 4.78 is 5.08. The van der Waals surface area contributed by atoms with Gasteiger partial charge in [-0.25, -0.2) is 0 Å². The molecule has 0 aliphatic heterocycles. The third-order valence-electron chi connectivity index (χ3n) is 2.14. The van der Waals surface area contributed by atoms with E-state index in [0.29, 0.717) is 17.0 Å². The lowest BCUT2D eigenvalue weighted by molar-refractivity contribution is 0.104. The van der Waals surface area contributed by atoms with Gasteiger partial charge < -0.3 is 10.2 Å². The van der Waals surface area contributed by atoms with E-state index in [-0.39, 0.29) is 5.78 Å². The zero-order valence-corrected chi connectivity index (χ0v) is 8.59. The summed E-state index contributed by atoms with van der Waals surface area (Å²) in [6.07, 6.45) is 4.68. The molecule has 2 N–H and O–H groups in total. The second-order valence-corrected chi connectivity index (χ2v) is 3.34. The fourth-order valence-corrected chi connectivity index (χ4v) is 1.29. The van der Waals surface area contributed by atoms with Gasteiger partial charge in [0.15, 0.2) is 5.78 Å². The summed E-state index contributed by atoms with van der Waals surface area (Å²) in [5, 5.41) is 0.